The van der Waals surface area contributed by atoms with Crippen molar-refractivity contribution in [3.05, 3.63) is 45.8 Å². The Hall–Kier alpha value is -2.01. The van der Waals surface area contributed by atoms with Gasteiger partial charge in [0.2, 0.25) is 0 Å². The smallest absolute Gasteiger partial charge is 0.323 e. The third-order valence-corrected chi connectivity index (χ3v) is 4.56. The Labute approximate surface area is 131 Å². The molecule has 0 aliphatic carbocycles. The van der Waals surface area contributed by atoms with E-state index in [1.54, 1.807) is 0 Å². The second-order valence-electron chi connectivity index (χ2n) is 3.91. The number of benzene rings is 1. The number of halogens is 2. The number of fused-ring (bicyclic) bond motifs is 1. The van der Waals surface area contributed by atoms with E-state index in [0.29, 0.717) is 4.57 Å². The maximum absolute atomic E-state index is 11.8. The fourth-order valence-electron chi connectivity index (χ4n) is 1.82. The van der Waals surface area contributed by atoms with Crippen LogP contribution in [-0.2, 0) is 11.3 Å². The molecule has 0 atom stereocenters. The predicted molar refractivity (Wildman–Crippen MR) is 78.5 cm³/mol. The highest BCUT2D eigenvalue weighted by atomic mass is 79.9. The van der Waals surface area contributed by atoms with Crippen molar-refractivity contribution in [1.29, 1.82) is 0 Å². The quantitative estimate of drug-likeness (QED) is 0.433. The molecule has 21 heavy (non-hydrogen) atoms. The number of aromatic nitrogens is 2. The molecule has 1 heterocycles. The van der Waals surface area contributed by atoms with E-state index in [2.05, 4.69) is 36.8 Å². The molecule has 0 amide bonds. The van der Waals surface area contributed by atoms with Crippen molar-refractivity contribution < 1.29 is 14.8 Å². The van der Waals surface area contributed by atoms with E-state index < -0.39 is 34.2 Å². The molecule has 0 radical (unpaired) electrons. The summed E-state index contributed by atoms with van der Waals surface area (Å²) < 4.78 is 0.870. The Morgan fingerprint density at radius 2 is 2.05 bits per heavy atom. The number of carboxylic acid groups (broad SMARTS) is 1. The molecule has 0 spiro atoms. The Balaban J connectivity index is 3.12. The van der Waals surface area contributed by atoms with Gasteiger partial charge in [-0.25, -0.2) is 0 Å². The molecule has 1 aromatic carbocycles. The van der Waals surface area contributed by atoms with Crippen LogP contribution in [0.25, 0.3) is 11.0 Å². The van der Waals surface area contributed by atoms with Crippen LogP contribution in [0.2, 0.25) is 0 Å². The van der Waals surface area contributed by atoms with Gasteiger partial charge in [0.25, 0.3) is 0 Å². The number of aromatic amines is 1. The van der Waals surface area contributed by atoms with Crippen LogP contribution in [0.15, 0.2) is 24.6 Å². The van der Waals surface area contributed by atoms with Crippen molar-refractivity contribution in [1.82, 2.24) is 9.55 Å². The van der Waals surface area contributed by atoms with Crippen LogP contribution in [0.5, 0.6) is 0 Å². The van der Waals surface area contributed by atoms with E-state index in [1.807, 2.05) is 0 Å². The summed E-state index contributed by atoms with van der Waals surface area (Å²) >= 11 is 6.08. The average Bonchev–Trinajstić information content (AvgIpc) is 2.36. The van der Waals surface area contributed by atoms with Crippen LogP contribution in [0.3, 0.4) is 0 Å². The number of nitrogens with one attached hydrogen (secondary N) is 1. The predicted octanol–water partition coefficient (Wildman–Crippen LogP) is 1.21. The van der Waals surface area contributed by atoms with Gasteiger partial charge in [-0.15, -0.1) is 0 Å². The Bertz CT molecular complexity index is 900. The first-order valence-corrected chi connectivity index (χ1v) is 6.83. The van der Waals surface area contributed by atoms with Crippen LogP contribution >= 0.6 is 31.9 Å². The number of carbonyl (C=O) groups is 1. The zero-order valence-electron chi connectivity index (χ0n) is 9.92. The fourth-order valence-corrected chi connectivity index (χ4v) is 2.69. The number of nitrogens with zero attached hydrogens (tertiary/aromatic N) is 2. The maximum atomic E-state index is 11.8. The van der Waals surface area contributed by atoms with Gasteiger partial charge in [0.15, 0.2) is 0 Å². The van der Waals surface area contributed by atoms with Gasteiger partial charge in [-0.1, -0.05) is 0 Å². The van der Waals surface area contributed by atoms with Crippen LogP contribution < -0.4 is 11.1 Å². The maximum Gasteiger partial charge on any atom is 0.323 e. The molecule has 2 N–H and O–H groups in total. The highest BCUT2D eigenvalue weighted by Crippen LogP contribution is 2.37. The molecule has 2 aromatic rings. The molecule has 110 valence electrons. The van der Waals surface area contributed by atoms with E-state index in [-0.39, 0.29) is 20.0 Å². The summed E-state index contributed by atoms with van der Waals surface area (Å²) in [6, 6.07) is 1.34. The third-order valence-electron chi connectivity index (χ3n) is 2.60. The van der Waals surface area contributed by atoms with Crippen molar-refractivity contribution in [2.24, 2.45) is 0 Å². The van der Waals surface area contributed by atoms with Crippen LogP contribution in [-0.4, -0.2) is 25.6 Å². The number of aliphatic carboxylic acids is 1. The van der Waals surface area contributed by atoms with Gasteiger partial charge >= 0.3 is 22.8 Å². The highest BCUT2D eigenvalue weighted by molar-refractivity contribution is 9.13. The summed E-state index contributed by atoms with van der Waals surface area (Å²) in [7, 11) is 0. The topological polar surface area (TPSA) is 135 Å². The third kappa shape index (κ3) is 2.61. The lowest BCUT2D eigenvalue weighted by Crippen LogP contribution is -2.38. The molecule has 0 aliphatic rings. The molecule has 9 nitrogen and oxygen atoms in total. The first kappa shape index (κ1) is 15.4. The summed E-state index contributed by atoms with van der Waals surface area (Å²) in [5.41, 5.74) is -3.06. The molecule has 0 fully saturated rings. The van der Waals surface area contributed by atoms with Gasteiger partial charge < -0.3 is 10.1 Å². The number of rotatable bonds is 3. The van der Waals surface area contributed by atoms with Crippen LogP contribution in [0.1, 0.15) is 0 Å². The second-order valence-corrected chi connectivity index (χ2v) is 5.56. The number of H-pyrrole nitrogens is 1. The molecule has 2 rings (SSSR count). The number of carboxylic acids is 1. The first-order valence-electron chi connectivity index (χ1n) is 5.25. The second kappa shape index (κ2) is 5.41. The largest absolute Gasteiger partial charge is 0.480 e. The van der Waals surface area contributed by atoms with Crippen molar-refractivity contribution in [2.75, 3.05) is 0 Å². The molecule has 0 saturated carbocycles. The Morgan fingerprint density at radius 3 is 2.57 bits per heavy atom. The molecular weight excluding hydrogens is 418 g/mol. The van der Waals surface area contributed by atoms with Gasteiger partial charge in [0, 0.05) is 4.47 Å². The molecular formula is C10H5Br2N3O6. The van der Waals surface area contributed by atoms with E-state index >= 15 is 0 Å². The minimum absolute atomic E-state index is 0.0253. The van der Waals surface area contributed by atoms with Crippen LogP contribution in [0.4, 0.5) is 5.69 Å². The zero-order valence-corrected chi connectivity index (χ0v) is 13.1. The minimum Gasteiger partial charge on any atom is -0.480 e. The number of nitro benzene ring substituents is 1. The number of nitro groups is 1. The van der Waals surface area contributed by atoms with E-state index in [9.17, 15) is 24.5 Å². The summed E-state index contributed by atoms with van der Waals surface area (Å²) in [5, 5.41) is 20.1. The van der Waals surface area contributed by atoms with E-state index in [0.717, 1.165) is 0 Å². The van der Waals surface area contributed by atoms with Gasteiger partial charge in [-0.2, -0.15) is 0 Å². The van der Waals surface area contributed by atoms with Gasteiger partial charge in [-0.3, -0.25) is 29.1 Å². The lowest BCUT2D eigenvalue weighted by molar-refractivity contribution is -0.384. The molecule has 0 saturated heterocycles. The monoisotopic (exact) mass is 421 g/mol. The van der Waals surface area contributed by atoms with Crippen LogP contribution in [0, 0.1) is 10.1 Å². The number of hydrogen-bond acceptors (Lipinski definition) is 5. The first-order chi connectivity index (χ1) is 9.73. The van der Waals surface area contributed by atoms with E-state index in [4.69, 9.17) is 5.11 Å². The number of hydrogen-bond donors (Lipinski definition) is 2. The molecule has 0 unspecified atom stereocenters. The zero-order chi connectivity index (χ0) is 15.9. The average molecular weight is 423 g/mol. The van der Waals surface area contributed by atoms with Gasteiger partial charge in [0.05, 0.1) is 10.4 Å². The summed E-state index contributed by atoms with van der Waals surface area (Å²) in [4.78, 5) is 46.8. The highest BCUT2D eigenvalue weighted by Gasteiger charge is 2.25. The summed E-state index contributed by atoms with van der Waals surface area (Å²) in [6.45, 7) is -0.867. The van der Waals surface area contributed by atoms with Crippen molar-refractivity contribution >= 4 is 54.5 Å². The lowest BCUT2D eigenvalue weighted by atomic mass is 10.2. The van der Waals surface area contributed by atoms with E-state index in [1.165, 1.54) is 6.07 Å². The Kier molecular flexibility index (Phi) is 3.96. The SMILES string of the molecule is O=C(O)Cn1c(=O)c(=O)[nH]c2cc(Br)c(Br)c([N+](=O)[O-])c21. The van der Waals surface area contributed by atoms with Gasteiger partial charge in [0.1, 0.15) is 16.5 Å². The summed E-state index contributed by atoms with van der Waals surface area (Å²) in [5.74, 6) is -1.41. The molecule has 11 heteroatoms. The van der Waals surface area contributed by atoms with Gasteiger partial charge in [-0.05, 0) is 37.9 Å². The fraction of sp³-hybridized carbons (Fsp3) is 0.100. The van der Waals surface area contributed by atoms with Crippen molar-refractivity contribution in [2.45, 2.75) is 6.54 Å². The molecule has 0 aliphatic heterocycles. The normalized spacial score (nSPS) is 10.8. The minimum atomic E-state index is -1.41. The van der Waals surface area contributed by atoms with Crippen molar-refractivity contribution in [3.63, 3.8) is 0 Å². The van der Waals surface area contributed by atoms with Crippen molar-refractivity contribution in [3.8, 4) is 0 Å². The molecule has 0 bridgehead atoms. The Morgan fingerprint density at radius 1 is 1.43 bits per heavy atom. The lowest BCUT2D eigenvalue weighted by Gasteiger charge is -2.09. The standard InChI is InChI=1S/C10H5Br2N3O6/c11-3-1-4-7(8(6(3)12)15(20)21)14(2-5(16)17)10(19)9(18)13-4/h1H,2H2,(H,13,18)(H,16,17). The summed E-state index contributed by atoms with van der Waals surface area (Å²) in [6.07, 6.45) is 0. The molecule has 1 aromatic heterocycles.